The summed E-state index contributed by atoms with van der Waals surface area (Å²) < 4.78 is 5.34. The molecular formula is C19H24N2O2. The molecule has 2 N–H and O–H groups in total. The van der Waals surface area contributed by atoms with Crippen molar-refractivity contribution in [3.05, 3.63) is 65.7 Å². The number of benzene rings is 2. The Kier molecular flexibility index (Phi) is 5.28. The molecule has 4 nitrogen and oxygen atoms in total. The minimum Gasteiger partial charge on any atom is -0.497 e. The number of aliphatic hydroxyl groups excluding tert-OH is 1. The van der Waals surface area contributed by atoms with Crippen molar-refractivity contribution in [2.45, 2.75) is 12.1 Å². The van der Waals surface area contributed by atoms with E-state index in [9.17, 15) is 5.11 Å². The van der Waals surface area contributed by atoms with Gasteiger partial charge in [0.2, 0.25) is 0 Å². The van der Waals surface area contributed by atoms with Crippen molar-refractivity contribution in [1.82, 2.24) is 10.2 Å². The van der Waals surface area contributed by atoms with Crippen LogP contribution in [0.25, 0.3) is 0 Å². The summed E-state index contributed by atoms with van der Waals surface area (Å²) in [7, 11) is 1.69. The van der Waals surface area contributed by atoms with Crippen molar-refractivity contribution in [3.8, 4) is 5.75 Å². The summed E-state index contributed by atoms with van der Waals surface area (Å²) >= 11 is 0. The summed E-state index contributed by atoms with van der Waals surface area (Å²) in [5, 5.41) is 14.0. The van der Waals surface area contributed by atoms with Gasteiger partial charge in [-0.25, -0.2) is 0 Å². The number of aliphatic hydroxyl groups is 1. The Bertz CT molecular complexity index is 618. The molecule has 2 atom stereocenters. The number of nitrogens with zero attached hydrogens (tertiary/aromatic N) is 1. The van der Waals surface area contributed by atoms with Crippen LogP contribution in [0, 0.1) is 0 Å². The van der Waals surface area contributed by atoms with Crippen LogP contribution in [0.3, 0.4) is 0 Å². The van der Waals surface area contributed by atoms with Gasteiger partial charge in [-0.15, -0.1) is 0 Å². The van der Waals surface area contributed by atoms with Crippen LogP contribution in [0.1, 0.15) is 23.3 Å². The second-order valence-corrected chi connectivity index (χ2v) is 5.92. The Morgan fingerprint density at radius 1 is 1.22 bits per heavy atom. The predicted molar refractivity (Wildman–Crippen MR) is 91.6 cm³/mol. The summed E-state index contributed by atoms with van der Waals surface area (Å²) in [5.41, 5.74) is 2.19. The van der Waals surface area contributed by atoms with E-state index in [1.54, 1.807) is 7.11 Å². The topological polar surface area (TPSA) is 44.7 Å². The molecule has 2 aromatic rings. The van der Waals surface area contributed by atoms with E-state index in [0.717, 1.165) is 30.9 Å². The average Bonchev–Trinajstić information content (AvgIpc) is 2.63. The quantitative estimate of drug-likeness (QED) is 0.890. The van der Waals surface area contributed by atoms with Gasteiger partial charge in [-0.2, -0.15) is 0 Å². The Hall–Kier alpha value is -1.88. The predicted octanol–water partition coefficient (Wildman–Crippen LogP) is 2.38. The van der Waals surface area contributed by atoms with Gasteiger partial charge in [-0.1, -0.05) is 42.5 Å². The fraction of sp³-hybridized carbons (Fsp3) is 0.368. The largest absolute Gasteiger partial charge is 0.497 e. The molecule has 2 aromatic carbocycles. The third-order valence-electron chi connectivity index (χ3n) is 4.42. The van der Waals surface area contributed by atoms with Gasteiger partial charge < -0.3 is 15.2 Å². The second-order valence-electron chi connectivity index (χ2n) is 5.92. The van der Waals surface area contributed by atoms with E-state index in [2.05, 4.69) is 22.3 Å². The lowest BCUT2D eigenvalue weighted by Crippen LogP contribution is -2.47. The van der Waals surface area contributed by atoms with Crippen molar-refractivity contribution < 1.29 is 9.84 Å². The maximum Gasteiger partial charge on any atom is 0.119 e. The molecule has 122 valence electrons. The lowest BCUT2D eigenvalue weighted by atomic mass is 10.0. The minimum atomic E-state index is -0.470. The lowest BCUT2D eigenvalue weighted by molar-refractivity contribution is 0.0732. The fourth-order valence-electron chi connectivity index (χ4n) is 3.15. The molecule has 0 bridgehead atoms. The van der Waals surface area contributed by atoms with Crippen molar-refractivity contribution in [1.29, 1.82) is 0 Å². The molecule has 23 heavy (non-hydrogen) atoms. The Morgan fingerprint density at radius 3 is 2.83 bits per heavy atom. The van der Waals surface area contributed by atoms with Gasteiger partial charge >= 0.3 is 0 Å². The first-order valence-electron chi connectivity index (χ1n) is 8.09. The van der Waals surface area contributed by atoms with E-state index in [-0.39, 0.29) is 6.04 Å². The number of hydrogen-bond donors (Lipinski definition) is 2. The summed E-state index contributed by atoms with van der Waals surface area (Å²) in [6.45, 7) is 3.38. The normalized spacial score (nSPS) is 20.2. The zero-order valence-electron chi connectivity index (χ0n) is 13.5. The van der Waals surface area contributed by atoms with Gasteiger partial charge in [-0.3, -0.25) is 4.90 Å². The highest BCUT2D eigenvalue weighted by Crippen LogP contribution is 2.27. The van der Waals surface area contributed by atoms with Crippen LogP contribution < -0.4 is 10.1 Å². The molecule has 1 aliphatic heterocycles. The summed E-state index contributed by atoms with van der Waals surface area (Å²) in [4.78, 5) is 2.35. The molecule has 0 spiro atoms. The van der Waals surface area contributed by atoms with Crippen LogP contribution >= 0.6 is 0 Å². The first kappa shape index (κ1) is 16.0. The molecule has 4 heteroatoms. The number of ether oxygens (including phenoxy) is 1. The number of rotatable bonds is 5. The maximum absolute atomic E-state index is 10.6. The average molecular weight is 312 g/mol. The molecule has 0 radical (unpaired) electrons. The zero-order chi connectivity index (χ0) is 16.1. The number of nitrogens with one attached hydrogen (secondary N) is 1. The molecule has 2 unspecified atom stereocenters. The van der Waals surface area contributed by atoms with Crippen LogP contribution in [0.4, 0.5) is 0 Å². The Balaban J connectivity index is 1.76. The summed E-state index contributed by atoms with van der Waals surface area (Å²) in [5.74, 6) is 0.872. The molecule has 1 heterocycles. The van der Waals surface area contributed by atoms with Crippen molar-refractivity contribution in [2.24, 2.45) is 0 Å². The van der Waals surface area contributed by atoms with Crippen LogP contribution in [0.5, 0.6) is 5.75 Å². The SMILES string of the molecule is COc1cccc(C2CNCCN2CC(O)c2ccccc2)c1. The van der Waals surface area contributed by atoms with Crippen LogP contribution in [-0.4, -0.2) is 43.3 Å². The van der Waals surface area contributed by atoms with Gasteiger partial charge in [0, 0.05) is 32.2 Å². The molecule has 0 aliphatic carbocycles. The van der Waals surface area contributed by atoms with E-state index < -0.39 is 6.10 Å². The van der Waals surface area contributed by atoms with Crippen molar-refractivity contribution in [2.75, 3.05) is 33.3 Å². The number of β-amino-alcohol motifs (C(OH)–C–C–N with tert-alkyl or cyclic N) is 1. The van der Waals surface area contributed by atoms with Gasteiger partial charge in [0.1, 0.15) is 5.75 Å². The van der Waals surface area contributed by atoms with Crippen LogP contribution in [0.2, 0.25) is 0 Å². The van der Waals surface area contributed by atoms with Gasteiger partial charge in [-0.05, 0) is 23.3 Å². The lowest BCUT2D eigenvalue weighted by Gasteiger charge is -2.37. The van der Waals surface area contributed by atoms with Gasteiger partial charge in [0.25, 0.3) is 0 Å². The highest BCUT2D eigenvalue weighted by molar-refractivity contribution is 5.31. The van der Waals surface area contributed by atoms with E-state index in [1.807, 2.05) is 42.5 Å². The van der Waals surface area contributed by atoms with E-state index >= 15 is 0 Å². The highest BCUT2D eigenvalue weighted by atomic mass is 16.5. The van der Waals surface area contributed by atoms with Crippen LogP contribution in [-0.2, 0) is 0 Å². The van der Waals surface area contributed by atoms with Gasteiger partial charge in [0.05, 0.1) is 13.2 Å². The summed E-state index contributed by atoms with van der Waals surface area (Å²) in [6.07, 6.45) is -0.470. The van der Waals surface area contributed by atoms with Crippen LogP contribution in [0.15, 0.2) is 54.6 Å². The zero-order valence-corrected chi connectivity index (χ0v) is 13.5. The first-order chi connectivity index (χ1) is 11.3. The summed E-state index contributed by atoms with van der Waals surface area (Å²) in [6, 6.07) is 18.3. The molecule has 1 aliphatic rings. The third kappa shape index (κ3) is 3.91. The third-order valence-corrected chi connectivity index (χ3v) is 4.42. The van der Waals surface area contributed by atoms with Gasteiger partial charge in [0.15, 0.2) is 0 Å². The van der Waals surface area contributed by atoms with Crippen molar-refractivity contribution >= 4 is 0 Å². The van der Waals surface area contributed by atoms with E-state index in [0.29, 0.717) is 6.54 Å². The number of methoxy groups -OCH3 is 1. The fourth-order valence-corrected chi connectivity index (χ4v) is 3.15. The number of hydrogen-bond acceptors (Lipinski definition) is 4. The molecule has 0 saturated carbocycles. The molecule has 1 saturated heterocycles. The highest BCUT2D eigenvalue weighted by Gasteiger charge is 2.26. The van der Waals surface area contributed by atoms with Crippen molar-refractivity contribution in [3.63, 3.8) is 0 Å². The molecular weight excluding hydrogens is 288 g/mol. The molecule has 3 rings (SSSR count). The second kappa shape index (κ2) is 7.59. The molecule has 1 fully saturated rings. The van der Waals surface area contributed by atoms with E-state index in [1.165, 1.54) is 5.56 Å². The standard InChI is InChI=1S/C19H24N2O2/c1-23-17-9-5-8-16(12-17)18-13-20-10-11-21(18)14-19(22)15-6-3-2-4-7-15/h2-9,12,18-20,22H,10-11,13-14H2,1H3. The number of piperazine rings is 1. The monoisotopic (exact) mass is 312 g/mol. The minimum absolute atomic E-state index is 0.247. The van der Waals surface area contributed by atoms with E-state index in [4.69, 9.17) is 4.74 Å². The Labute approximate surface area is 137 Å². The Morgan fingerprint density at radius 2 is 2.04 bits per heavy atom. The maximum atomic E-state index is 10.6. The smallest absolute Gasteiger partial charge is 0.119 e. The first-order valence-corrected chi connectivity index (χ1v) is 8.09. The molecule has 0 aromatic heterocycles. The molecule has 0 amide bonds.